The Morgan fingerprint density at radius 2 is 2.04 bits per heavy atom. The van der Waals surface area contributed by atoms with E-state index in [9.17, 15) is 13.2 Å². The Balaban J connectivity index is 2.37. The Bertz CT molecular complexity index is 788. The predicted octanol–water partition coefficient (Wildman–Crippen LogP) is 3.19. The van der Waals surface area contributed by atoms with Gasteiger partial charge in [0.2, 0.25) is 10.0 Å². The van der Waals surface area contributed by atoms with Crippen molar-refractivity contribution in [1.29, 1.82) is 0 Å². The SMILES string of the molecule is CCN(CC)S(=O)(=O)c1cc(C(=O)Nc2nccs2)ccc1Br. The normalized spacial score (nSPS) is 11.7. The van der Waals surface area contributed by atoms with Crippen LogP contribution in [0.3, 0.4) is 0 Å². The van der Waals surface area contributed by atoms with Gasteiger partial charge < -0.3 is 0 Å². The lowest BCUT2D eigenvalue weighted by Gasteiger charge is -2.19. The van der Waals surface area contributed by atoms with Gasteiger partial charge in [-0.2, -0.15) is 4.31 Å². The van der Waals surface area contributed by atoms with Crippen LogP contribution in [0, 0.1) is 0 Å². The maximum atomic E-state index is 12.7. The van der Waals surface area contributed by atoms with E-state index in [2.05, 4.69) is 26.2 Å². The molecule has 0 aliphatic carbocycles. The van der Waals surface area contributed by atoms with Crippen molar-refractivity contribution in [1.82, 2.24) is 9.29 Å². The van der Waals surface area contributed by atoms with Gasteiger partial charge in [-0.15, -0.1) is 11.3 Å². The molecule has 124 valence electrons. The van der Waals surface area contributed by atoms with Crippen molar-refractivity contribution in [3.8, 4) is 0 Å². The molecule has 0 unspecified atom stereocenters. The molecule has 0 aliphatic heterocycles. The van der Waals surface area contributed by atoms with Crippen LogP contribution in [-0.4, -0.2) is 36.7 Å². The number of thiazole rings is 1. The molecule has 1 amide bonds. The van der Waals surface area contributed by atoms with Crippen LogP contribution < -0.4 is 5.32 Å². The molecule has 0 aliphatic rings. The van der Waals surface area contributed by atoms with Crippen molar-refractivity contribution in [2.24, 2.45) is 0 Å². The van der Waals surface area contributed by atoms with Gasteiger partial charge in [-0.25, -0.2) is 13.4 Å². The van der Waals surface area contributed by atoms with E-state index in [0.717, 1.165) is 0 Å². The molecule has 2 rings (SSSR count). The lowest BCUT2D eigenvalue weighted by Crippen LogP contribution is -2.31. The molecule has 0 saturated carbocycles. The highest BCUT2D eigenvalue weighted by atomic mass is 79.9. The summed E-state index contributed by atoms with van der Waals surface area (Å²) in [5, 5.41) is 4.85. The number of aromatic nitrogens is 1. The number of sulfonamides is 1. The molecule has 9 heteroatoms. The second kappa shape index (κ2) is 7.52. The Hall–Kier alpha value is -1.29. The zero-order valence-electron chi connectivity index (χ0n) is 12.6. The minimum absolute atomic E-state index is 0.0768. The predicted molar refractivity (Wildman–Crippen MR) is 94.3 cm³/mol. The quantitative estimate of drug-likeness (QED) is 0.782. The standard InChI is InChI=1S/C14H16BrN3O3S2/c1-3-18(4-2)23(20,21)12-9-10(5-6-11(12)15)13(19)17-14-16-7-8-22-14/h5-9H,3-4H2,1-2H3,(H,16,17,19). The zero-order valence-corrected chi connectivity index (χ0v) is 15.8. The summed E-state index contributed by atoms with van der Waals surface area (Å²) < 4.78 is 27.1. The molecule has 23 heavy (non-hydrogen) atoms. The molecule has 0 bridgehead atoms. The third-order valence-corrected chi connectivity index (χ3v) is 6.90. The summed E-state index contributed by atoms with van der Waals surface area (Å²) >= 11 is 4.55. The first-order valence-electron chi connectivity index (χ1n) is 6.90. The number of carbonyl (C=O) groups excluding carboxylic acids is 1. The van der Waals surface area contributed by atoms with Crippen LogP contribution in [0.2, 0.25) is 0 Å². The maximum absolute atomic E-state index is 12.7. The van der Waals surface area contributed by atoms with E-state index in [-0.39, 0.29) is 10.5 Å². The van der Waals surface area contributed by atoms with Crippen LogP contribution in [0.15, 0.2) is 39.1 Å². The number of hydrogen-bond donors (Lipinski definition) is 1. The monoisotopic (exact) mass is 417 g/mol. The number of rotatable bonds is 6. The number of nitrogens with one attached hydrogen (secondary N) is 1. The molecule has 0 fully saturated rings. The molecule has 0 saturated heterocycles. The second-order valence-corrected chi connectivity index (χ2v) is 8.18. The van der Waals surface area contributed by atoms with Gasteiger partial charge >= 0.3 is 0 Å². The van der Waals surface area contributed by atoms with Gasteiger partial charge in [0.15, 0.2) is 5.13 Å². The van der Waals surface area contributed by atoms with E-state index in [1.54, 1.807) is 37.6 Å². The lowest BCUT2D eigenvalue weighted by molar-refractivity contribution is 0.102. The van der Waals surface area contributed by atoms with Crippen molar-refractivity contribution < 1.29 is 13.2 Å². The molecule has 6 nitrogen and oxygen atoms in total. The van der Waals surface area contributed by atoms with Crippen LogP contribution in [-0.2, 0) is 10.0 Å². The average Bonchev–Trinajstić information content (AvgIpc) is 3.01. The summed E-state index contributed by atoms with van der Waals surface area (Å²) in [5.41, 5.74) is 0.258. The average molecular weight is 418 g/mol. The molecule has 1 heterocycles. The van der Waals surface area contributed by atoms with Crippen LogP contribution in [0.25, 0.3) is 0 Å². The number of nitrogens with zero attached hydrogens (tertiary/aromatic N) is 2. The van der Waals surface area contributed by atoms with E-state index < -0.39 is 15.9 Å². The van der Waals surface area contributed by atoms with Crippen molar-refractivity contribution >= 4 is 48.3 Å². The number of hydrogen-bond acceptors (Lipinski definition) is 5. The van der Waals surface area contributed by atoms with Gasteiger partial charge in [0.1, 0.15) is 0 Å². The van der Waals surface area contributed by atoms with Crippen LogP contribution in [0.5, 0.6) is 0 Å². The summed E-state index contributed by atoms with van der Waals surface area (Å²) in [5.74, 6) is -0.400. The fourth-order valence-corrected chi connectivity index (χ4v) is 4.93. The van der Waals surface area contributed by atoms with Gasteiger partial charge in [0, 0.05) is 34.7 Å². The van der Waals surface area contributed by atoms with Gasteiger partial charge in [-0.1, -0.05) is 13.8 Å². The van der Waals surface area contributed by atoms with Crippen LogP contribution in [0.4, 0.5) is 5.13 Å². The molecular formula is C14H16BrN3O3S2. The smallest absolute Gasteiger partial charge is 0.257 e. The first-order valence-corrected chi connectivity index (χ1v) is 10.0. The van der Waals surface area contributed by atoms with Gasteiger partial charge in [-0.05, 0) is 34.1 Å². The number of anilines is 1. The fraction of sp³-hybridized carbons (Fsp3) is 0.286. The van der Waals surface area contributed by atoms with E-state index in [4.69, 9.17) is 0 Å². The number of halogens is 1. The highest BCUT2D eigenvalue weighted by molar-refractivity contribution is 9.10. The fourth-order valence-electron chi connectivity index (χ4n) is 2.00. The summed E-state index contributed by atoms with van der Waals surface area (Å²) in [4.78, 5) is 16.3. The van der Waals surface area contributed by atoms with Gasteiger partial charge in [-0.3, -0.25) is 10.1 Å². The van der Waals surface area contributed by atoms with E-state index in [1.165, 1.54) is 21.7 Å². The van der Waals surface area contributed by atoms with Crippen molar-refractivity contribution in [3.05, 3.63) is 39.8 Å². The van der Waals surface area contributed by atoms with E-state index in [0.29, 0.717) is 22.7 Å². The lowest BCUT2D eigenvalue weighted by atomic mass is 10.2. The van der Waals surface area contributed by atoms with Crippen molar-refractivity contribution in [3.63, 3.8) is 0 Å². The van der Waals surface area contributed by atoms with Crippen molar-refractivity contribution in [2.75, 3.05) is 18.4 Å². The first kappa shape index (κ1) is 18.1. The van der Waals surface area contributed by atoms with E-state index in [1.807, 2.05) is 0 Å². The van der Waals surface area contributed by atoms with Gasteiger partial charge in [0.25, 0.3) is 5.91 Å². The third-order valence-electron chi connectivity index (χ3n) is 3.17. The zero-order chi connectivity index (χ0) is 17.0. The minimum atomic E-state index is -3.66. The molecule has 0 spiro atoms. The summed E-state index contributed by atoms with van der Waals surface area (Å²) in [6.45, 7) is 4.27. The number of amides is 1. The Morgan fingerprint density at radius 1 is 1.35 bits per heavy atom. The second-order valence-electron chi connectivity index (χ2n) is 4.53. The third kappa shape index (κ3) is 3.97. The molecule has 1 aromatic carbocycles. The summed E-state index contributed by atoms with van der Waals surface area (Å²) in [6.07, 6.45) is 1.58. The molecule has 1 aromatic heterocycles. The first-order chi connectivity index (χ1) is 10.9. The number of benzene rings is 1. The topological polar surface area (TPSA) is 79.4 Å². The largest absolute Gasteiger partial charge is 0.298 e. The highest BCUT2D eigenvalue weighted by Gasteiger charge is 2.25. The van der Waals surface area contributed by atoms with Crippen LogP contribution in [0.1, 0.15) is 24.2 Å². The van der Waals surface area contributed by atoms with E-state index >= 15 is 0 Å². The minimum Gasteiger partial charge on any atom is -0.298 e. The molecule has 2 aromatic rings. The Kier molecular flexibility index (Phi) is 5.90. The maximum Gasteiger partial charge on any atom is 0.257 e. The number of carbonyl (C=O) groups is 1. The molecule has 0 radical (unpaired) electrons. The highest BCUT2D eigenvalue weighted by Crippen LogP contribution is 2.26. The Morgan fingerprint density at radius 3 is 2.61 bits per heavy atom. The van der Waals surface area contributed by atoms with Gasteiger partial charge in [0.05, 0.1) is 4.90 Å². The molecular weight excluding hydrogens is 402 g/mol. The molecule has 1 N–H and O–H groups in total. The van der Waals surface area contributed by atoms with Crippen molar-refractivity contribution in [2.45, 2.75) is 18.7 Å². The summed E-state index contributed by atoms with van der Waals surface area (Å²) in [7, 11) is -3.66. The summed E-state index contributed by atoms with van der Waals surface area (Å²) in [6, 6.07) is 4.50. The van der Waals surface area contributed by atoms with Crippen LogP contribution >= 0.6 is 27.3 Å². The Labute approximate surface area is 147 Å². The molecule has 0 atom stereocenters.